The third kappa shape index (κ3) is 3.32. The Bertz CT molecular complexity index is 589. The molecular formula is C12H11N3O4. The van der Waals surface area contributed by atoms with E-state index in [1.54, 1.807) is 24.3 Å². The molecule has 1 heterocycles. The lowest BCUT2D eigenvalue weighted by Gasteiger charge is -1.98. The number of nitrogens with zero attached hydrogens (tertiary/aromatic N) is 2. The largest absolute Gasteiger partial charge is 0.468 e. The fourth-order valence-electron chi connectivity index (χ4n) is 1.34. The molecule has 0 amide bonds. The van der Waals surface area contributed by atoms with E-state index in [2.05, 4.69) is 10.5 Å². The molecule has 0 saturated carbocycles. The highest BCUT2D eigenvalue weighted by atomic mass is 16.6. The molecule has 0 spiro atoms. The van der Waals surface area contributed by atoms with Crippen molar-refractivity contribution >= 4 is 17.6 Å². The van der Waals surface area contributed by atoms with Gasteiger partial charge in [0.2, 0.25) is 0 Å². The second-order valence-corrected chi connectivity index (χ2v) is 3.53. The molecule has 0 aliphatic carbocycles. The number of hydrogen-bond donors (Lipinski definition) is 1. The molecule has 7 heteroatoms. The summed E-state index contributed by atoms with van der Waals surface area (Å²) in [4.78, 5) is 10.0. The summed E-state index contributed by atoms with van der Waals surface area (Å²) in [6.45, 7) is 0. The quantitative estimate of drug-likeness (QED) is 0.507. The molecule has 19 heavy (non-hydrogen) atoms. The van der Waals surface area contributed by atoms with Gasteiger partial charge in [0.25, 0.3) is 11.6 Å². The normalized spacial score (nSPS) is 10.6. The number of rotatable bonds is 5. The van der Waals surface area contributed by atoms with E-state index < -0.39 is 4.92 Å². The van der Waals surface area contributed by atoms with Crippen LogP contribution in [0.4, 0.5) is 11.4 Å². The van der Waals surface area contributed by atoms with Gasteiger partial charge in [-0.05, 0) is 18.2 Å². The first-order valence-corrected chi connectivity index (χ1v) is 5.36. The highest BCUT2D eigenvalue weighted by molar-refractivity contribution is 5.76. The summed E-state index contributed by atoms with van der Waals surface area (Å²) in [5.74, 6) is 0.933. The Morgan fingerprint density at radius 2 is 2.05 bits per heavy atom. The fourth-order valence-corrected chi connectivity index (χ4v) is 1.34. The SMILES string of the molecule is COc1ccc(/C=N/Nc2ccc([N+](=O)[O-])cc2)o1. The lowest BCUT2D eigenvalue weighted by atomic mass is 10.3. The van der Waals surface area contributed by atoms with Gasteiger partial charge in [-0.1, -0.05) is 0 Å². The van der Waals surface area contributed by atoms with Crippen LogP contribution in [0.25, 0.3) is 0 Å². The fraction of sp³-hybridized carbons (Fsp3) is 0.0833. The zero-order valence-corrected chi connectivity index (χ0v) is 10.1. The van der Waals surface area contributed by atoms with E-state index in [4.69, 9.17) is 9.15 Å². The first-order valence-electron chi connectivity index (χ1n) is 5.36. The molecule has 0 unspecified atom stereocenters. The molecule has 1 aromatic carbocycles. The zero-order valence-electron chi connectivity index (χ0n) is 10.1. The monoisotopic (exact) mass is 261 g/mol. The Labute approximate surface area is 108 Å². The van der Waals surface area contributed by atoms with Gasteiger partial charge in [0, 0.05) is 18.2 Å². The number of nitrogens with one attached hydrogen (secondary N) is 1. The van der Waals surface area contributed by atoms with Gasteiger partial charge in [-0.2, -0.15) is 5.10 Å². The maximum absolute atomic E-state index is 10.5. The number of anilines is 1. The van der Waals surface area contributed by atoms with Crippen molar-refractivity contribution in [2.24, 2.45) is 5.10 Å². The van der Waals surface area contributed by atoms with Crippen molar-refractivity contribution in [1.29, 1.82) is 0 Å². The summed E-state index contributed by atoms with van der Waals surface area (Å²) < 4.78 is 10.1. The van der Waals surface area contributed by atoms with Crippen LogP contribution < -0.4 is 10.2 Å². The Balaban J connectivity index is 1.96. The number of nitro benzene ring substituents is 1. The topological polar surface area (TPSA) is 89.9 Å². The van der Waals surface area contributed by atoms with Crippen LogP contribution in [0.15, 0.2) is 45.9 Å². The predicted octanol–water partition coefficient (Wildman–Crippen LogP) is 2.64. The minimum atomic E-state index is -0.456. The number of hydrazone groups is 1. The second-order valence-electron chi connectivity index (χ2n) is 3.53. The van der Waals surface area contributed by atoms with Gasteiger partial charge in [0.05, 0.1) is 23.9 Å². The third-order valence-corrected chi connectivity index (χ3v) is 2.27. The van der Waals surface area contributed by atoms with E-state index in [0.29, 0.717) is 17.4 Å². The van der Waals surface area contributed by atoms with E-state index >= 15 is 0 Å². The summed E-state index contributed by atoms with van der Waals surface area (Å²) in [6.07, 6.45) is 1.48. The highest BCUT2D eigenvalue weighted by Crippen LogP contribution is 2.16. The second kappa shape index (κ2) is 5.67. The third-order valence-electron chi connectivity index (χ3n) is 2.27. The standard InChI is InChI=1S/C12H11N3O4/c1-18-12-7-6-11(19-12)8-13-14-9-2-4-10(5-3-9)15(16)17/h2-8,14H,1H3/b13-8+. The molecule has 1 N–H and O–H groups in total. The van der Waals surface area contributed by atoms with Gasteiger partial charge in [-0.25, -0.2) is 0 Å². The van der Waals surface area contributed by atoms with Crippen LogP contribution in [-0.2, 0) is 0 Å². The van der Waals surface area contributed by atoms with Gasteiger partial charge < -0.3 is 9.15 Å². The first kappa shape index (κ1) is 12.6. The van der Waals surface area contributed by atoms with E-state index in [0.717, 1.165) is 0 Å². The Kier molecular flexibility index (Phi) is 3.77. The van der Waals surface area contributed by atoms with E-state index in [1.807, 2.05) is 0 Å². The minimum absolute atomic E-state index is 0.0327. The summed E-state index contributed by atoms with van der Waals surface area (Å²) >= 11 is 0. The molecule has 0 atom stereocenters. The first-order chi connectivity index (χ1) is 9.19. The lowest BCUT2D eigenvalue weighted by Crippen LogP contribution is -1.91. The van der Waals surface area contributed by atoms with Gasteiger partial charge >= 0.3 is 0 Å². The summed E-state index contributed by atoms with van der Waals surface area (Å²) in [6, 6.07) is 9.31. The summed E-state index contributed by atoms with van der Waals surface area (Å²) in [7, 11) is 1.51. The molecular weight excluding hydrogens is 250 g/mol. The number of hydrogen-bond acceptors (Lipinski definition) is 6. The van der Waals surface area contributed by atoms with Crippen LogP contribution in [0, 0.1) is 10.1 Å². The molecule has 1 aromatic heterocycles. The lowest BCUT2D eigenvalue weighted by molar-refractivity contribution is -0.384. The van der Waals surface area contributed by atoms with Crippen molar-refractivity contribution < 1.29 is 14.1 Å². The predicted molar refractivity (Wildman–Crippen MR) is 69.6 cm³/mol. The molecule has 7 nitrogen and oxygen atoms in total. The van der Waals surface area contributed by atoms with Gasteiger partial charge in [0.1, 0.15) is 0 Å². The maximum atomic E-state index is 10.5. The molecule has 2 rings (SSSR count). The molecule has 0 aliphatic heterocycles. The van der Waals surface area contributed by atoms with Crippen molar-refractivity contribution in [3.8, 4) is 5.95 Å². The number of nitro groups is 1. The summed E-state index contributed by atoms with van der Waals surface area (Å²) in [5.41, 5.74) is 3.40. The Hall–Kier alpha value is -2.83. The Morgan fingerprint density at radius 1 is 1.32 bits per heavy atom. The number of methoxy groups -OCH3 is 1. The smallest absolute Gasteiger partial charge is 0.284 e. The molecule has 0 saturated heterocycles. The van der Waals surface area contributed by atoms with E-state index in [1.165, 1.54) is 25.5 Å². The van der Waals surface area contributed by atoms with Gasteiger partial charge in [-0.15, -0.1) is 0 Å². The average Bonchev–Trinajstić information content (AvgIpc) is 2.87. The number of furan rings is 1. The highest BCUT2D eigenvalue weighted by Gasteiger charge is 2.03. The van der Waals surface area contributed by atoms with Crippen LogP contribution in [-0.4, -0.2) is 18.2 Å². The van der Waals surface area contributed by atoms with Gasteiger partial charge in [0.15, 0.2) is 5.76 Å². The van der Waals surface area contributed by atoms with Crippen LogP contribution in [0.1, 0.15) is 5.76 Å². The van der Waals surface area contributed by atoms with Crippen LogP contribution >= 0.6 is 0 Å². The Morgan fingerprint density at radius 3 is 2.63 bits per heavy atom. The average molecular weight is 261 g/mol. The number of ether oxygens (including phenoxy) is 1. The van der Waals surface area contributed by atoms with E-state index in [-0.39, 0.29) is 5.69 Å². The van der Waals surface area contributed by atoms with Crippen LogP contribution in [0.2, 0.25) is 0 Å². The molecule has 0 radical (unpaired) electrons. The van der Waals surface area contributed by atoms with Crippen LogP contribution in [0.5, 0.6) is 5.95 Å². The maximum Gasteiger partial charge on any atom is 0.284 e. The van der Waals surface area contributed by atoms with Crippen molar-refractivity contribution in [1.82, 2.24) is 0 Å². The zero-order chi connectivity index (χ0) is 13.7. The van der Waals surface area contributed by atoms with Crippen molar-refractivity contribution in [2.75, 3.05) is 12.5 Å². The molecule has 2 aromatic rings. The van der Waals surface area contributed by atoms with Crippen molar-refractivity contribution in [3.63, 3.8) is 0 Å². The minimum Gasteiger partial charge on any atom is -0.468 e. The molecule has 0 fully saturated rings. The van der Waals surface area contributed by atoms with Crippen molar-refractivity contribution in [3.05, 3.63) is 52.3 Å². The van der Waals surface area contributed by atoms with Crippen LogP contribution in [0.3, 0.4) is 0 Å². The van der Waals surface area contributed by atoms with Crippen molar-refractivity contribution in [2.45, 2.75) is 0 Å². The van der Waals surface area contributed by atoms with E-state index in [9.17, 15) is 10.1 Å². The molecule has 0 aliphatic rings. The van der Waals surface area contributed by atoms with Gasteiger partial charge in [-0.3, -0.25) is 15.5 Å². The molecule has 0 bridgehead atoms. The summed E-state index contributed by atoms with van der Waals surface area (Å²) in [5, 5.41) is 14.4. The number of benzene rings is 1. The number of non-ortho nitro benzene ring substituents is 1. The molecule has 98 valence electrons.